The monoisotopic (exact) mass is 429 g/mol. The summed E-state index contributed by atoms with van der Waals surface area (Å²) in [4.78, 5) is 15.5. The lowest BCUT2D eigenvalue weighted by Crippen LogP contribution is -2.43. The maximum Gasteiger partial charge on any atom is 0.253 e. The average molecular weight is 430 g/mol. The molecule has 0 aliphatic carbocycles. The second-order valence-corrected chi connectivity index (χ2v) is 9.12. The number of hydrogen-bond donors (Lipinski definition) is 2. The topological polar surface area (TPSA) is 78.5 Å². The Morgan fingerprint density at radius 2 is 1.89 bits per heavy atom. The number of rotatable bonds is 6. The van der Waals surface area contributed by atoms with Crippen LogP contribution in [0, 0.1) is 0 Å². The van der Waals surface area contributed by atoms with Crippen LogP contribution in [0.25, 0.3) is 0 Å². The van der Waals surface area contributed by atoms with Crippen molar-refractivity contribution in [2.75, 3.05) is 20.1 Å². The standard InChI is InChI=1S/C18H23N3O3S2.ClH/c1-21(15-8-10-19-11-9-15)18(22)14-4-6-17(7-5-14)26(23,24)20-13-16-3-2-12-25-16;/h2-7,12,15,19-20H,8-11,13H2,1H3;1H. The van der Waals surface area contributed by atoms with Gasteiger partial charge in [-0.05, 0) is 61.6 Å². The Kier molecular flexibility index (Phi) is 7.81. The molecular weight excluding hydrogens is 406 g/mol. The first-order valence-electron chi connectivity index (χ1n) is 8.57. The van der Waals surface area contributed by atoms with Crippen LogP contribution in [0.5, 0.6) is 0 Å². The van der Waals surface area contributed by atoms with Gasteiger partial charge in [0.05, 0.1) is 4.90 Å². The minimum Gasteiger partial charge on any atom is -0.339 e. The van der Waals surface area contributed by atoms with Crippen LogP contribution in [-0.2, 0) is 16.6 Å². The lowest BCUT2D eigenvalue weighted by Gasteiger charge is -2.31. The van der Waals surface area contributed by atoms with E-state index in [-0.39, 0.29) is 35.8 Å². The molecule has 2 N–H and O–H groups in total. The summed E-state index contributed by atoms with van der Waals surface area (Å²) >= 11 is 1.50. The van der Waals surface area contributed by atoms with Gasteiger partial charge in [0.1, 0.15) is 0 Å². The Bertz CT molecular complexity index is 833. The lowest BCUT2D eigenvalue weighted by molar-refractivity contribution is 0.0703. The largest absolute Gasteiger partial charge is 0.339 e. The van der Waals surface area contributed by atoms with E-state index in [1.54, 1.807) is 17.0 Å². The Balaban J connectivity index is 0.00000261. The molecule has 9 heteroatoms. The molecule has 0 spiro atoms. The second-order valence-electron chi connectivity index (χ2n) is 6.33. The summed E-state index contributed by atoms with van der Waals surface area (Å²) in [5.41, 5.74) is 0.503. The maximum atomic E-state index is 12.6. The molecule has 0 atom stereocenters. The highest BCUT2D eigenvalue weighted by Crippen LogP contribution is 2.17. The zero-order chi connectivity index (χ0) is 18.6. The van der Waals surface area contributed by atoms with Gasteiger partial charge in [-0.1, -0.05) is 6.07 Å². The van der Waals surface area contributed by atoms with E-state index < -0.39 is 10.0 Å². The van der Waals surface area contributed by atoms with Crippen molar-refractivity contribution in [3.8, 4) is 0 Å². The third kappa shape index (κ3) is 5.52. The van der Waals surface area contributed by atoms with Crippen molar-refractivity contribution in [3.05, 3.63) is 52.2 Å². The van der Waals surface area contributed by atoms with Crippen molar-refractivity contribution in [1.82, 2.24) is 14.9 Å². The molecule has 1 saturated heterocycles. The molecule has 3 rings (SSSR count). The van der Waals surface area contributed by atoms with Crippen LogP contribution in [0.15, 0.2) is 46.7 Å². The molecule has 1 aromatic heterocycles. The van der Waals surface area contributed by atoms with Crippen LogP contribution < -0.4 is 10.0 Å². The number of carbonyl (C=O) groups excluding carboxylic acids is 1. The lowest BCUT2D eigenvalue weighted by atomic mass is 10.0. The summed E-state index contributed by atoms with van der Waals surface area (Å²) < 4.78 is 27.3. The van der Waals surface area contributed by atoms with E-state index in [9.17, 15) is 13.2 Å². The fraction of sp³-hybridized carbons (Fsp3) is 0.389. The van der Waals surface area contributed by atoms with E-state index in [1.165, 1.54) is 23.5 Å². The first kappa shape index (κ1) is 21.8. The fourth-order valence-electron chi connectivity index (χ4n) is 3.00. The summed E-state index contributed by atoms with van der Waals surface area (Å²) in [6.07, 6.45) is 1.86. The fourth-order valence-corrected chi connectivity index (χ4v) is 4.75. The van der Waals surface area contributed by atoms with Gasteiger partial charge in [0, 0.05) is 30.1 Å². The number of benzene rings is 1. The van der Waals surface area contributed by atoms with Gasteiger partial charge in [-0.15, -0.1) is 23.7 Å². The van der Waals surface area contributed by atoms with Crippen LogP contribution in [-0.4, -0.2) is 45.4 Å². The Labute approximate surface area is 170 Å². The van der Waals surface area contributed by atoms with Crippen LogP contribution in [0.3, 0.4) is 0 Å². The van der Waals surface area contributed by atoms with Crippen molar-refractivity contribution in [2.24, 2.45) is 0 Å². The third-order valence-corrected chi connectivity index (χ3v) is 6.90. The van der Waals surface area contributed by atoms with Crippen molar-refractivity contribution in [2.45, 2.75) is 30.3 Å². The molecule has 1 aromatic carbocycles. The predicted octanol–water partition coefficient (Wildman–Crippen LogP) is 2.47. The summed E-state index contributed by atoms with van der Waals surface area (Å²) in [6, 6.07) is 10.1. The van der Waals surface area contributed by atoms with Gasteiger partial charge in [0.25, 0.3) is 5.91 Å². The average Bonchev–Trinajstić information content (AvgIpc) is 3.20. The van der Waals surface area contributed by atoms with Crippen molar-refractivity contribution in [1.29, 1.82) is 0 Å². The highest BCUT2D eigenvalue weighted by atomic mass is 35.5. The number of halogens is 1. The van der Waals surface area contributed by atoms with Gasteiger partial charge in [-0.3, -0.25) is 4.79 Å². The number of nitrogens with zero attached hydrogens (tertiary/aromatic N) is 1. The van der Waals surface area contributed by atoms with E-state index in [0.29, 0.717) is 5.56 Å². The molecule has 0 radical (unpaired) electrons. The van der Waals surface area contributed by atoms with Crippen molar-refractivity contribution >= 4 is 39.7 Å². The van der Waals surface area contributed by atoms with E-state index in [2.05, 4.69) is 10.0 Å². The summed E-state index contributed by atoms with van der Waals surface area (Å²) in [7, 11) is -1.78. The highest BCUT2D eigenvalue weighted by Gasteiger charge is 2.23. The van der Waals surface area contributed by atoms with Crippen LogP contribution in [0.4, 0.5) is 0 Å². The summed E-state index contributed by atoms with van der Waals surface area (Å²) in [5, 5.41) is 5.19. The van der Waals surface area contributed by atoms with Crippen molar-refractivity contribution in [3.63, 3.8) is 0 Å². The molecule has 1 aliphatic heterocycles. The smallest absolute Gasteiger partial charge is 0.253 e. The van der Waals surface area contributed by atoms with Gasteiger partial charge >= 0.3 is 0 Å². The molecule has 27 heavy (non-hydrogen) atoms. The zero-order valence-corrected chi connectivity index (χ0v) is 17.5. The summed E-state index contributed by atoms with van der Waals surface area (Å²) in [5.74, 6) is -0.0765. The van der Waals surface area contributed by atoms with Crippen LogP contribution in [0.1, 0.15) is 28.1 Å². The molecule has 1 aliphatic rings. The van der Waals surface area contributed by atoms with Crippen molar-refractivity contribution < 1.29 is 13.2 Å². The van der Waals surface area contributed by atoms with Crippen LogP contribution >= 0.6 is 23.7 Å². The molecule has 148 valence electrons. The van der Waals surface area contributed by atoms with E-state index >= 15 is 0 Å². The molecule has 0 saturated carbocycles. The quantitative estimate of drug-likeness (QED) is 0.739. The van der Waals surface area contributed by atoms with Gasteiger partial charge < -0.3 is 10.2 Å². The predicted molar refractivity (Wildman–Crippen MR) is 110 cm³/mol. The number of piperidine rings is 1. The number of amides is 1. The van der Waals surface area contributed by atoms with Gasteiger partial charge in [-0.25, -0.2) is 13.1 Å². The maximum absolute atomic E-state index is 12.6. The van der Waals surface area contributed by atoms with Gasteiger partial charge in [0.15, 0.2) is 0 Å². The Hall–Kier alpha value is -1.45. The number of nitrogens with one attached hydrogen (secondary N) is 2. The molecule has 1 amide bonds. The second kappa shape index (κ2) is 9.66. The van der Waals surface area contributed by atoms with Crippen LogP contribution in [0.2, 0.25) is 0 Å². The minimum absolute atomic E-state index is 0. The molecule has 0 bridgehead atoms. The first-order chi connectivity index (χ1) is 12.5. The number of thiophene rings is 1. The van der Waals surface area contributed by atoms with E-state index in [1.807, 2.05) is 24.6 Å². The van der Waals surface area contributed by atoms with Gasteiger partial charge in [0.2, 0.25) is 10.0 Å². The van der Waals surface area contributed by atoms with E-state index in [0.717, 1.165) is 30.8 Å². The Morgan fingerprint density at radius 3 is 2.48 bits per heavy atom. The molecule has 6 nitrogen and oxygen atoms in total. The normalized spacial score (nSPS) is 15.1. The number of carbonyl (C=O) groups is 1. The molecule has 0 unspecified atom stereocenters. The van der Waals surface area contributed by atoms with E-state index in [4.69, 9.17) is 0 Å². The van der Waals surface area contributed by atoms with Gasteiger partial charge in [-0.2, -0.15) is 0 Å². The highest BCUT2D eigenvalue weighted by molar-refractivity contribution is 7.89. The number of sulfonamides is 1. The minimum atomic E-state index is -3.60. The molecular formula is C18H24ClN3O3S2. The molecule has 1 fully saturated rings. The zero-order valence-electron chi connectivity index (χ0n) is 15.1. The molecule has 2 heterocycles. The third-order valence-electron chi connectivity index (χ3n) is 4.60. The summed E-state index contributed by atoms with van der Waals surface area (Å²) in [6.45, 7) is 2.09. The molecule has 2 aromatic rings. The SMILES string of the molecule is CN(C(=O)c1ccc(S(=O)(=O)NCc2cccs2)cc1)C1CCNCC1.Cl. The first-order valence-corrected chi connectivity index (χ1v) is 10.9. The Morgan fingerprint density at radius 1 is 1.22 bits per heavy atom. The number of hydrogen-bond acceptors (Lipinski definition) is 5.